The molecular formula is C15H27N3O6. The van der Waals surface area contributed by atoms with Gasteiger partial charge in [-0.3, -0.25) is 9.59 Å². The molecule has 0 aromatic rings. The fourth-order valence-electron chi connectivity index (χ4n) is 2.25. The maximum Gasteiger partial charge on any atom is 0.408 e. The lowest BCUT2D eigenvalue weighted by Crippen LogP contribution is -2.58. The highest BCUT2D eigenvalue weighted by molar-refractivity contribution is 5.87. The van der Waals surface area contributed by atoms with Crippen molar-refractivity contribution in [2.45, 2.75) is 51.8 Å². The smallest absolute Gasteiger partial charge is 0.408 e. The Balaban J connectivity index is 2.80. The molecule has 0 unspecified atom stereocenters. The van der Waals surface area contributed by atoms with Crippen molar-refractivity contribution < 1.29 is 29.0 Å². The van der Waals surface area contributed by atoms with Crippen LogP contribution in [0.2, 0.25) is 0 Å². The summed E-state index contributed by atoms with van der Waals surface area (Å²) in [7, 11) is 0. The molecule has 0 spiro atoms. The van der Waals surface area contributed by atoms with Crippen LogP contribution in [0.4, 0.5) is 4.79 Å². The number of ether oxygens (including phenoxy) is 2. The van der Waals surface area contributed by atoms with Crippen molar-refractivity contribution in [2.24, 2.45) is 0 Å². The molecule has 0 bridgehead atoms. The van der Waals surface area contributed by atoms with Crippen molar-refractivity contribution in [3.63, 3.8) is 0 Å². The number of nitrogens with zero attached hydrogens (tertiary/aromatic N) is 1. The number of nitrogens with one attached hydrogen (secondary N) is 2. The lowest BCUT2D eigenvalue weighted by atomic mass is 10.1. The van der Waals surface area contributed by atoms with E-state index in [9.17, 15) is 14.4 Å². The molecule has 1 fully saturated rings. The highest BCUT2D eigenvalue weighted by atomic mass is 16.6. The summed E-state index contributed by atoms with van der Waals surface area (Å²) >= 11 is 0. The number of aliphatic hydroxyl groups excluding tert-OH is 1. The van der Waals surface area contributed by atoms with Gasteiger partial charge in [0.25, 0.3) is 0 Å². The van der Waals surface area contributed by atoms with Crippen LogP contribution in [-0.2, 0) is 19.1 Å². The second-order valence-corrected chi connectivity index (χ2v) is 6.66. The first-order valence-electron chi connectivity index (χ1n) is 7.86. The van der Waals surface area contributed by atoms with Gasteiger partial charge in [0.15, 0.2) is 0 Å². The normalized spacial score (nSPS) is 22.2. The van der Waals surface area contributed by atoms with E-state index in [2.05, 4.69) is 10.6 Å². The molecular weight excluding hydrogens is 318 g/mol. The maximum atomic E-state index is 12.4. The van der Waals surface area contributed by atoms with Crippen LogP contribution < -0.4 is 10.6 Å². The zero-order valence-corrected chi connectivity index (χ0v) is 14.6. The Bertz CT molecular complexity index is 463. The quantitative estimate of drug-likeness (QED) is 0.596. The SMILES string of the molecule is CC(=O)N1CC[C@@H](COCO)NC(=O)[C@@H](NC(=O)OC(C)(C)C)C1. The van der Waals surface area contributed by atoms with E-state index in [0.29, 0.717) is 13.0 Å². The summed E-state index contributed by atoms with van der Waals surface area (Å²) in [4.78, 5) is 37.5. The summed E-state index contributed by atoms with van der Waals surface area (Å²) < 4.78 is 10.1. The van der Waals surface area contributed by atoms with Crippen LogP contribution in [0.5, 0.6) is 0 Å². The standard InChI is InChI=1S/C15H27N3O6/c1-10(20)18-6-5-11(8-23-9-19)16-13(21)12(7-18)17-14(22)24-15(2,3)4/h11-12,19H,5-9H2,1-4H3,(H,16,21)(H,17,22)/t11-,12-/m0/s1. The second kappa shape index (κ2) is 8.84. The molecule has 9 nitrogen and oxygen atoms in total. The Labute approximate surface area is 141 Å². The van der Waals surface area contributed by atoms with Crippen LogP contribution in [0.15, 0.2) is 0 Å². The van der Waals surface area contributed by atoms with Crippen LogP contribution >= 0.6 is 0 Å². The number of hydrogen-bond donors (Lipinski definition) is 3. The minimum absolute atomic E-state index is 0.0635. The van der Waals surface area contributed by atoms with E-state index >= 15 is 0 Å². The van der Waals surface area contributed by atoms with Crippen molar-refractivity contribution in [1.29, 1.82) is 0 Å². The monoisotopic (exact) mass is 345 g/mol. The average Bonchev–Trinajstić information content (AvgIpc) is 2.43. The number of aliphatic hydroxyl groups is 1. The highest BCUT2D eigenvalue weighted by Crippen LogP contribution is 2.09. The molecule has 0 aromatic heterocycles. The third kappa shape index (κ3) is 7.14. The molecule has 0 radical (unpaired) electrons. The third-order valence-electron chi connectivity index (χ3n) is 3.36. The molecule has 24 heavy (non-hydrogen) atoms. The molecule has 0 saturated carbocycles. The van der Waals surface area contributed by atoms with Crippen LogP contribution in [-0.4, -0.2) is 72.1 Å². The van der Waals surface area contributed by atoms with Gasteiger partial charge in [0.2, 0.25) is 11.8 Å². The van der Waals surface area contributed by atoms with Gasteiger partial charge in [-0.05, 0) is 27.2 Å². The number of alkyl carbamates (subject to hydrolysis) is 1. The minimum Gasteiger partial charge on any atom is -0.444 e. The number of amides is 3. The Morgan fingerprint density at radius 1 is 1.42 bits per heavy atom. The molecule has 2 atom stereocenters. The van der Waals surface area contributed by atoms with Gasteiger partial charge in [-0.25, -0.2) is 4.79 Å². The first-order valence-corrected chi connectivity index (χ1v) is 7.86. The number of carbonyl (C=O) groups is 3. The maximum absolute atomic E-state index is 12.4. The van der Waals surface area contributed by atoms with E-state index in [1.165, 1.54) is 11.8 Å². The molecule has 0 aromatic carbocycles. The number of rotatable bonds is 4. The summed E-state index contributed by atoms with van der Waals surface area (Å²) in [6.07, 6.45) is -0.236. The molecule has 1 aliphatic rings. The minimum atomic E-state index is -0.930. The Morgan fingerprint density at radius 2 is 2.08 bits per heavy atom. The molecule has 1 heterocycles. The molecule has 3 N–H and O–H groups in total. The van der Waals surface area contributed by atoms with Crippen LogP contribution in [0.1, 0.15) is 34.1 Å². The molecule has 1 rings (SSSR count). The van der Waals surface area contributed by atoms with Gasteiger partial charge in [-0.15, -0.1) is 0 Å². The van der Waals surface area contributed by atoms with Crippen molar-refractivity contribution in [3.8, 4) is 0 Å². The van der Waals surface area contributed by atoms with E-state index in [4.69, 9.17) is 14.6 Å². The lowest BCUT2D eigenvalue weighted by Gasteiger charge is -2.33. The molecule has 0 aliphatic carbocycles. The zero-order chi connectivity index (χ0) is 18.3. The van der Waals surface area contributed by atoms with Crippen molar-refractivity contribution in [3.05, 3.63) is 0 Å². The third-order valence-corrected chi connectivity index (χ3v) is 3.36. The Hall–Kier alpha value is -1.87. The number of carbonyl (C=O) groups excluding carboxylic acids is 3. The van der Waals surface area contributed by atoms with Gasteiger partial charge < -0.3 is 30.1 Å². The van der Waals surface area contributed by atoms with E-state index in [1.807, 2.05) is 0 Å². The summed E-state index contributed by atoms with van der Waals surface area (Å²) in [6.45, 7) is 6.69. The van der Waals surface area contributed by atoms with Crippen LogP contribution in [0.3, 0.4) is 0 Å². The number of hydrogen-bond acceptors (Lipinski definition) is 6. The predicted molar refractivity (Wildman–Crippen MR) is 85.0 cm³/mol. The summed E-state index contributed by atoms with van der Waals surface area (Å²) in [6, 6.07) is -1.30. The van der Waals surface area contributed by atoms with E-state index in [-0.39, 0.29) is 25.1 Å². The van der Waals surface area contributed by atoms with Gasteiger partial charge in [-0.1, -0.05) is 0 Å². The highest BCUT2D eigenvalue weighted by Gasteiger charge is 2.31. The molecule has 1 saturated heterocycles. The summed E-state index contributed by atoms with van der Waals surface area (Å²) in [5.74, 6) is -0.624. The van der Waals surface area contributed by atoms with Gasteiger partial charge in [0, 0.05) is 20.0 Å². The average molecular weight is 345 g/mol. The molecule has 138 valence electrons. The summed E-state index contributed by atoms with van der Waals surface area (Å²) in [5, 5.41) is 14.0. The molecule has 1 aliphatic heterocycles. The largest absolute Gasteiger partial charge is 0.444 e. The Kier molecular flexibility index (Phi) is 7.43. The lowest BCUT2D eigenvalue weighted by molar-refractivity contribution is -0.132. The topological polar surface area (TPSA) is 117 Å². The Morgan fingerprint density at radius 3 is 2.62 bits per heavy atom. The van der Waals surface area contributed by atoms with Gasteiger partial charge in [0.05, 0.1) is 12.6 Å². The zero-order valence-electron chi connectivity index (χ0n) is 14.6. The second-order valence-electron chi connectivity index (χ2n) is 6.66. The van der Waals surface area contributed by atoms with Gasteiger partial charge >= 0.3 is 6.09 Å². The van der Waals surface area contributed by atoms with E-state index < -0.39 is 30.4 Å². The first kappa shape index (κ1) is 20.2. The van der Waals surface area contributed by atoms with Crippen molar-refractivity contribution in [2.75, 3.05) is 26.5 Å². The van der Waals surface area contributed by atoms with Crippen molar-refractivity contribution >= 4 is 17.9 Å². The van der Waals surface area contributed by atoms with Gasteiger partial charge in [0.1, 0.15) is 18.4 Å². The molecule has 9 heteroatoms. The van der Waals surface area contributed by atoms with Crippen molar-refractivity contribution in [1.82, 2.24) is 15.5 Å². The van der Waals surface area contributed by atoms with Crippen LogP contribution in [0.25, 0.3) is 0 Å². The molecule has 3 amide bonds. The van der Waals surface area contributed by atoms with Gasteiger partial charge in [-0.2, -0.15) is 0 Å². The predicted octanol–water partition coefficient (Wildman–Crippen LogP) is -0.417. The fraction of sp³-hybridized carbons (Fsp3) is 0.800. The van der Waals surface area contributed by atoms with Crippen LogP contribution in [0, 0.1) is 0 Å². The first-order chi connectivity index (χ1) is 11.1. The summed E-state index contributed by atoms with van der Waals surface area (Å²) in [5.41, 5.74) is -0.695. The van der Waals surface area contributed by atoms with E-state index in [0.717, 1.165) is 0 Å². The van der Waals surface area contributed by atoms with E-state index in [1.54, 1.807) is 20.8 Å². The fourth-order valence-corrected chi connectivity index (χ4v) is 2.25.